The molecule has 1 heterocycles. The van der Waals surface area contributed by atoms with E-state index >= 15 is 0 Å². The predicted octanol–water partition coefficient (Wildman–Crippen LogP) is 1.21. The van der Waals surface area contributed by atoms with Gasteiger partial charge in [-0.25, -0.2) is 0 Å². The van der Waals surface area contributed by atoms with Crippen molar-refractivity contribution in [2.24, 2.45) is 0 Å². The van der Waals surface area contributed by atoms with Crippen molar-refractivity contribution in [3.63, 3.8) is 0 Å². The quantitative estimate of drug-likeness (QED) is 0.437. The zero-order chi connectivity index (χ0) is 14.4. The highest BCUT2D eigenvalue weighted by Crippen LogP contribution is 2.16. The van der Waals surface area contributed by atoms with Gasteiger partial charge >= 0.3 is 11.9 Å². The van der Waals surface area contributed by atoms with E-state index in [0.717, 1.165) is 6.07 Å². The lowest BCUT2D eigenvalue weighted by Gasteiger charge is -2.14. The van der Waals surface area contributed by atoms with Gasteiger partial charge in [0.25, 0.3) is 5.91 Å². The predicted molar refractivity (Wildman–Crippen MR) is 63.6 cm³/mol. The van der Waals surface area contributed by atoms with E-state index in [1.807, 2.05) is 0 Å². The lowest BCUT2D eigenvalue weighted by molar-refractivity contribution is -0.402. The minimum Gasteiger partial charge on any atom is -0.469 e. The van der Waals surface area contributed by atoms with E-state index in [-0.39, 0.29) is 18.2 Å². The number of hydrogen-bond acceptors (Lipinski definition) is 6. The maximum Gasteiger partial charge on any atom is 0.433 e. The highest BCUT2D eigenvalue weighted by molar-refractivity contribution is 5.91. The van der Waals surface area contributed by atoms with Gasteiger partial charge in [0.15, 0.2) is 5.76 Å². The van der Waals surface area contributed by atoms with Crippen LogP contribution in [0.3, 0.4) is 0 Å². The fraction of sp³-hybridized carbons (Fsp3) is 0.455. The summed E-state index contributed by atoms with van der Waals surface area (Å²) in [6.45, 7) is 0.322. The normalized spacial score (nSPS) is 10.0. The molecule has 0 aliphatic rings. The largest absolute Gasteiger partial charge is 0.469 e. The molecule has 8 heteroatoms. The first-order valence-corrected chi connectivity index (χ1v) is 5.52. The fourth-order valence-electron chi connectivity index (χ4n) is 1.39. The highest BCUT2D eigenvalue weighted by atomic mass is 16.6. The van der Waals surface area contributed by atoms with Crippen LogP contribution in [-0.2, 0) is 9.53 Å². The Morgan fingerprint density at radius 3 is 2.68 bits per heavy atom. The second-order valence-corrected chi connectivity index (χ2v) is 3.80. The number of ether oxygens (including phenoxy) is 1. The molecular formula is C11H14N2O6. The second kappa shape index (κ2) is 6.53. The van der Waals surface area contributed by atoms with Crippen LogP contribution in [0.2, 0.25) is 0 Å². The Hall–Kier alpha value is -2.38. The molecule has 19 heavy (non-hydrogen) atoms. The molecule has 0 saturated carbocycles. The smallest absolute Gasteiger partial charge is 0.433 e. The van der Waals surface area contributed by atoms with Gasteiger partial charge in [-0.2, -0.15) is 0 Å². The molecule has 0 aliphatic heterocycles. The third kappa shape index (κ3) is 4.09. The number of hydrogen-bond donors (Lipinski definition) is 0. The molecule has 0 bridgehead atoms. The van der Waals surface area contributed by atoms with Crippen molar-refractivity contribution in [2.75, 3.05) is 20.7 Å². The minimum absolute atomic E-state index is 0.104. The van der Waals surface area contributed by atoms with E-state index in [1.165, 1.54) is 25.1 Å². The van der Waals surface area contributed by atoms with Gasteiger partial charge in [-0.05, 0) is 12.5 Å². The van der Waals surface area contributed by atoms with E-state index in [1.54, 1.807) is 0 Å². The maximum absolute atomic E-state index is 11.8. The third-order valence-electron chi connectivity index (χ3n) is 2.43. The van der Waals surface area contributed by atoms with Gasteiger partial charge in [-0.3, -0.25) is 19.7 Å². The average molecular weight is 270 g/mol. The minimum atomic E-state index is -0.714. The first kappa shape index (κ1) is 14.7. The first-order chi connectivity index (χ1) is 8.95. The molecule has 0 aliphatic carbocycles. The van der Waals surface area contributed by atoms with Crippen molar-refractivity contribution in [1.29, 1.82) is 0 Å². The lowest BCUT2D eigenvalue weighted by Crippen LogP contribution is -2.27. The number of carbonyl (C=O) groups excluding carboxylic acids is 2. The molecule has 1 amide bonds. The summed E-state index contributed by atoms with van der Waals surface area (Å²) in [4.78, 5) is 33.7. The van der Waals surface area contributed by atoms with Crippen LogP contribution in [0.1, 0.15) is 23.4 Å². The molecule has 0 aromatic carbocycles. The topological polar surface area (TPSA) is 103 Å². The third-order valence-corrected chi connectivity index (χ3v) is 2.43. The second-order valence-electron chi connectivity index (χ2n) is 3.80. The van der Waals surface area contributed by atoms with Gasteiger partial charge in [0.05, 0.1) is 13.2 Å². The molecular weight excluding hydrogens is 256 g/mol. The van der Waals surface area contributed by atoms with Crippen LogP contribution in [0.15, 0.2) is 16.5 Å². The molecule has 0 N–H and O–H groups in total. The summed E-state index contributed by atoms with van der Waals surface area (Å²) in [5, 5.41) is 10.4. The zero-order valence-electron chi connectivity index (χ0n) is 10.6. The van der Waals surface area contributed by atoms with Crippen LogP contribution in [0, 0.1) is 10.1 Å². The number of amides is 1. The number of furan rings is 1. The molecule has 8 nitrogen and oxygen atoms in total. The van der Waals surface area contributed by atoms with E-state index in [0.29, 0.717) is 13.0 Å². The molecule has 104 valence electrons. The maximum atomic E-state index is 11.8. The Morgan fingerprint density at radius 2 is 2.16 bits per heavy atom. The number of nitrogens with zero attached hydrogens (tertiary/aromatic N) is 2. The summed E-state index contributed by atoms with van der Waals surface area (Å²) in [5.41, 5.74) is 0. The van der Waals surface area contributed by atoms with Crippen molar-refractivity contribution >= 4 is 17.8 Å². The van der Waals surface area contributed by atoms with Crippen LogP contribution in [-0.4, -0.2) is 42.4 Å². The molecule has 0 saturated heterocycles. The molecule has 0 atom stereocenters. The van der Waals surface area contributed by atoms with Crippen molar-refractivity contribution in [3.8, 4) is 0 Å². The summed E-state index contributed by atoms with van der Waals surface area (Å²) in [7, 11) is 2.81. The first-order valence-electron chi connectivity index (χ1n) is 5.52. The summed E-state index contributed by atoms with van der Waals surface area (Å²) in [5.74, 6) is -1.41. The fourth-order valence-corrected chi connectivity index (χ4v) is 1.39. The van der Waals surface area contributed by atoms with Crippen LogP contribution < -0.4 is 0 Å². The molecule has 1 rings (SSSR count). The Kier molecular flexibility index (Phi) is 5.04. The van der Waals surface area contributed by atoms with Crippen LogP contribution in [0.5, 0.6) is 0 Å². The van der Waals surface area contributed by atoms with E-state index in [2.05, 4.69) is 4.74 Å². The van der Waals surface area contributed by atoms with Gasteiger partial charge in [0.2, 0.25) is 0 Å². The zero-order valence-corrected chi connectivity index (χ0v) is 10.6. The van der Waals surface area contributed by atoms with Crippen molar-refractivity contribution in [1.82, 2.24) is 4.90 Å². The Bertz CT molecular complexity index is 481. The van der Waals surface area contributed by atoms with Gasteiger partial charge in [0.1, 0.15) is 4.92 Å². The van der Waals surface area contributed by atoms with Crippen molar-refractivity contribution < 1.29 is 23.7 Å². The number of esters is 1. The highest BCUT2D eigenvalue weighted by Gasteiger charge is 2.20. The number of nitro groups is 1. The van der Waals surface area contributed by atoms with Gasteiger partial charge in [0, 0.05) is 20.0 Å². The number of carbonyl (C=O) groups is 2. The average Bonchev–Trinajstić information content (AvgIpc) is 2.87. The van der Waals surface area contributed by atoms with Crippen LogP contribution >= 0.6 is 0 Å². The summed E-state index contributed by atoms with van der Waals surface area (Å²) < 4.78 is 9.27. The van der Waals surface area contributed by atoms with Crippen molar-refractivity contribution in [3.05, 3.63) is 28.0 Å². The summed E-state index contributed by atoms with van der Waals surface area (Å²) >= 11 is 0. The Balaban J connectivity index is 2.51. The molecule has 1 aromatic rings. The van der Waals surface area contributed by atoms with Gasteiger partial charge in [-0.15, -0.1) is 0 Å². The Morgan fingerprint density at radius 1 is 1.47 bits per heavy atom. The number of rotatable bonds is 6. The van der Waals surface area contributed by atoms with E-state index < -0.39 is 16.7 Å². The SMILES string of the molecule is COC(=O)CCCN(C)C(=O)c1ccc([N+](=O)[O-])o1. The summed E-state index contributed by atoms with van der Waals surface area (Å²) in [6.07, 6.45) is 0.643. The monoisotopic (exact) mass is 270 g/mol. The molecule has 0 fully saturated rings. The molecule has 1 aromatic heterocycles. The van der Waals surface area contributed by atoms with Crippen LogP contribution in [0.25, 0.3) is 0 Å². The molecule has 0 spiro atoms. The van der Waals surface area contributed by atoms with E-state index in [4.69, 9.17) is 4.42 Å². The molecule has 0 unspecified atom stereocenters. The summed E-state index contributed by atoms with van der Waals surface area (Å²) in [6, 6.07) is 2.37. The van der Waals surface area contributed by atoms with Crippen LogP contribution in [0.4, 0.5) is 5.88 Å². The van der Waals surface area contributed by atoms with Gasteiger partial charge in [-0.1, -0.05) is 0 Å². The number of methoxy groups -OCH3 is 1. The molecule has 0 radical (unpaired) electrons. The standard InChI is InChI=1S/C11H14N2O6/c1-12(7-3-4-10(14)18-2)11(15)8-5-6-9(19-8)13(16)17/h5-6H,3-4,7H2,1-2H3. The van der Waals surface area contributed by atoms with Gasteiger partial charge < -0.3 is 14.1 Å². The van der Waals surface area contributed by atoms with E-state index in [9.17, 15) is 19.7 Å². The van der Waals surface area contributed by atoms with Crippen molar-refractivity contribution in [2.45, 2.75) is 12.8 Å². The Labute approximate surface area is 109 Å². The lowest BCUT2D eigenvalue weighted by atomic mass is 10.3.